The molecule has 1 unspecified atom stereocenters. The smallest absolute Gasteiger partial charge is 0.210 e. The van der Waals surface area contributed by atoms with Gasteiger partial charge in [-0.3, -0.25) is 14.5 Å². The summed E-state index contributed by atoms with van der Waals surface area (Å²) in [4.78, 5) is 27.5. The fourth-order valence-electron chi connectivity index (χ4n) is 5.10. The second-order valence-corrected chi connectivity index (χ2v) is 9.52. The Morgan fingerprint density at radius 3 is 2.39 bits per heavy atom. The first kappa shape index (κ1) is 26.1. The van der Waals surface area contributed by atoms with Crippen molar-refractivity contribution >= 4 is 11.6 Å². The van der Waals surface area contributed by atoms with E-state index in [9.17, 15) is 19.8 Å². The van der Waals surface area contributed by atoms with Gasteiger partial charge in [0.05, 0.1) is 21.3 Å². The number of methoxy groups -OCH3 is 3. The van der Waals surface area contributed by atoms with Gasteiger partial charge in [0.15, 0.2) is 23.2 Å². The summed E-state index contributed by atoms with van der Waals surface area (Å²) in [6.07, 6.45) is -0.990. The first-order valence-electron chi connectivity index (χ1n) is 12.4. The van der Waals surface area contributed by atoms with E-state index in [4.69, 9.17) is 28.4 Å². The van der Waals surface area contributed by atoms with E-state index in [1.165, 1.54) is 33.5 Å². The molecule has 0 radical (unpaired) electrons. The lowest BCUT2D eigenvalue weighted by molar-refractivity contribution is -0.121. The minimum absolute atomic E-state index is 0.0305. The SMILES string of the molecule is COc1cc(OCC(O)CN2CCC(=O)CC2)c2c(c1)O[C@@H]1COc3cc(OC)c(OC)cc3[C@]1(O)C2=O. The molecule has 11 heteroatoms. The number of carbonyl (C=O) groups excluding carboxylic acids is 2. The summed E-state index contributed by atoms with van der Waals surface area (Å²) in [5.74, 6) is 1.22. The van der Waals surface area contributed by atoms with Crippen LogP contribution in [0.4, 0.5) is 0 Å². The Labute approximate surface area is 219 Å². The van der Waals surface area contributed by atoms with Crippen LogP contribution in [0.25, 0.3) is 0 Å². The van der Waals surface area contributed by atoms with E-state index in [2.05, 4.69) is 0 Å². The summed E-state index contributed by atoms with van der Waals surface area (Å²) in [6.45, 7) is 1.28. The number of aliphatic hydroxyl groups is 2. The van der Waals surface area contributed by atoms with Gasteiger partial charge in [0.25, 0.3) is 0 Å². The molecule has 5 rings (SSSR count). The summed E-state index contributed by atoms with van der Waals surface area (Å²) in [6, 6.07) is 6.13. The van der Waals surface area contributed by atoms with Crippen LogP contribution in [-0.4, -0.2) is 93.1 Å². The molecule has 3 heterocycles. The number of piperidine rings is 1. The summed E-state index contributed by atoms with van der Waals surface area (Å²) in [5.41, 5.74) is -1.88. The third kappa shape index (κ3) is 4.50. The van der Waals surface area contributed by atoms with Crippen molar-refractivity contribution in [2.45, 2.75) is 30.7 Å². The van der Waals surface area contributed by atoms with Gasteiger partial charge in [-0.1, -0.05) is 0 Å². The monoisotopic (exact) mass is 529 g/mol. The summed E-state index contributed by atoms with van der Waals surface area (Å²) in [5, 5.41) is 22.5. The third-order valence-corrected chi connectivity index (χ3v) is 7.18. The van der Waals surface area contributed by atoms with Gasteiger partial charge in [-0.15, -0.1) is 0 Å². The van der Waals surface area contributed by atoms with Crippen LogP contribution in [0.5, 0.6) is 34.5 Å². The van der Waals surface area contributed by atoms with Crippen molar-refractivity contribution in [1.29, 1.82) is 0 Å². The molecule has 2 N–H and O–H groups in total. The maximum Gasteiger partial charge on any atom is 0.210 e. The second-order valence-electron chi connectivity index (χ2n) is 9.52. The molecule has 38 heavy (non-hydrogen) atoms. The summed E-state index contributed by atoms with van der Waals surface area (Å²) >= 11 is 0. The fourth-order valence-corrected chi connectivity index (χ4v) is 5.10. The molecule has 0 aliphatic carbocycles. The number of benzene rings is 2. The number of aliphatic hydroxyl groups excluding tert-OH is 1. The number of nitrogens with zero attached hydrogens (tertiary/aromatic N) is 1. The first-order valence-corrected chi connectivity index (χ1v) is 12.4. The highest BCUT2D eigenvalue weighted by Gasteiger charge is 2.57. The lowest BCUT2D eigenvalue weighted by atomic mass is 9.77. The van der Waals surface area contributed by atoms with Crippen LogP contribution in [0, 0.1) is 0 Å². The average molecular weight is 530 g/mol. The molecule has 0 bridgehead atoms. The van der Waals surface area contributed by atoms with Crippen molar-refractivity contribution in [3.63, 3.8) is 0 Å². The number of β-amino-alcohol motifs (C(OH)–C–C–N with tert-alkyl or cyclic N) is 1. The Bertz CT molecular complexity index is 1240. The van der Waals surface area contributed by atoms with Gasteiger partial charge in [0.1, 0.15) is 53.7 Å². The molecule has 3 aliphatic rings. The van der Waals surface area contributed by atoms with Crippen LogP contribution < -0.4 is 28.4 Å². The zero-order valence-corrected chi connectivity index (χ0v) is 21.5. The van der Waals surface area contributed by atoms with Gasteiger partial charge in [-0.25, -0.2) is 0 Å². The molecular formula is C27H31NO10. The molecule has 0 saturated carbocycles. The molecule has 3 atom stereocenters. The summed E-state index contributed by atoms with van der Waals surface area (Å²) in [7, 11) is 4.40. The van der Waals surface area contributed by atoms with Gasteiger partial charge >= 0.3 is 0 Å². The largest absolute Gasteiger partial charge is 0.496 e. The number of ketones is 2. The van der Waals surface area contributed by atoms with Crippen molar-refractivity contribution in [3.8, 4) is 34.5 Å². The van der Waals surface area contributed by atoms with Crippen LogP contribution >= 0.6 is 0 Å². The van der Waals surface area contributed by atoms with E-state index in [0.717, 1.165) is 0 Å². The number of fused-ring (bicyclic) bond motifs is 4. The van der Waals surface area contributed by atoms with Gasteiger partial charge in [-0.2, -0.15) is 0 Å². The van der Waals surface area contributed by atoms with Crippen molar-refractivity contribution in [2.24, 2.45) is 0 Å². The van der Waals surface area contributed by atoms with Gasteiger partial charge in [-0.05, 0) is 6.07 Å². The molecule has 204 valence electrons. The maximum atomic E-state index is 14.0. The summed E-state index contributed by atoms with van der Waals surface area (Å²) < 4.78 is 33.9. The van der Waals surface area contributed by atoms with Crippen LogP contribution in [0.2, 0.25) is 0 Å². The fraction of sp³-hybridized carbons (Fsp3) is 0.481. The lowest BCUT2D eigenvalue weighted by Crippen LogP contribution is -2.57. The number of rotatable bonds is 8. The topological polar surface area (TPSA) is 133 Å². The van der Waals surface area contributed by atoms with Crippen molar-refractivity contribution in [2.75, 3.05) is 54.2 Å². The highest BCUT2D eigenvalue weighted by atomic mass is 16.6. The molecular weight excluding hydrogens is 498 g/mol. The molecule has 2 aromatic carbocycles. The zero-order chi connectivity index (χ0) is 27.0. The normalized spacial score (nSPS) is 23.2. The van der Waals surface area contributed by atoms with Crippen LogP contribution in [-0.2, 0) is 10.4 Å². The highest BCUT2D eigenvalue weighted by Crippen LogP contribution is 2.51. The Hall–Kier alpha value is -3.54. The molecule has 1 saturated heterocycles. The van der Waals surface area contributed by atoms with Crippen LogP contribution in [0.3, 0.4) is 0 Å². The maximum absolute atomic E-state index is 14.0. The number of hydrogen-bond donors (Lipinski definition) is 2. The Morgan fingerprint density at radius 2 is 1.71 bits per heavy atom. The number of hydrogen-bond acceptors (Lipinski definition) is 11. The van der Waals surface area contributed by atoms with Gasteiger partial charge in [0, 0.05) is 56.2 Å². The Kier molecular flexibility index (Phi) is 7.08. The molecule has 11 nitrogen and oxygen atoms in total. The molecule has 0 aromatic heterocycles. The van der Waals surface area contributed by atoms with Crippen molar-refractivity contribution in [3.05, 3.63) is 35.4 Å². The minimum atomic E-state index is -2.09. The second kappa shape index (κ2) is 10.3. The third-order valence-electron chi connectivity index (χ3n) is 7.18. The van der Waals surface area contributed by atoms with E-state index in [1.807, 2.05) is 4.90 Å². The quantitative estimate of drug-likeness (QED) is 0.513. The molecule has 1 fully saturated rings. The molecule has 3 aliphatic heterocycles. The zero-order valence-electron chi connectivity index (χ0n) is 21.5. The lowest BCUT2D eigenvalue weighted by Gasteiger charge is -2.43. The predicted octanol–water partition coefficient (Wildman–Crippen LogP) is 1.34. The van der Waals surface area contributed by atoms with Gasteiger partial charge in [0.2, 0.25) is 5.78 Å². The highest BCUT2D eigenvalue weighted by molar-refractivity contribution is 6.09. The van der Waals surface area contributed by atoms with E-state index in [0.29, 0.717) is 49.7 Å². The van der Waals surface area contributed by atoms with E-state index < -0.39 is 23.6 Å². The molecule has 0 spiro atoms. The standard InChI is InChI=1S/C27H31NO10/c1-33-17-8-22(36-13-16(30)12-28-6-4-15(29)5-7-28)25-23(9-17)38-24-14-37-19-11-21(35-3)20(34-2)10-18(19)27(24,32)26(25)31/h8-11,16,24,30,32H,4-7,12-14H2,1-3H3/t16?,24-,27-/m1/s1. The van der Waals surface area contributed by atoms with E-state index in [-0.39, 0.29) is 47.4 Å². The van der Waals surface area contributed by atoms with Crippen molar-refractivity contribution < 1.29 is 48.2 Å². The van der Waals surface area contributed by atoms with E-state index in [1.54, 1.807) is 12.1 Å². The first-order chi connectivity index (χ1) is 18.3. The minimum Gasteiger partial charge on any atom is -0.496 e. The van der Waals surface area contributed by atoms with Crippen LogP contribution in [0.1, 0.15) is 28.8 Å². The number of carbonyl (C=O) groups is 2. The van der Waals surface area contributed by atoms with Crippen LogP contribution in [0.15, 0.2) is 24.3 Å². The molecule has 0 amide bonds. The number of likely N-dealkylation sites (tertiary alicyclic amines) is 1. The van der Waals surface area contributed by atoms with Gasteiger partial charge < -0.3 is 38.6 Å². The Balaban J connectivity index is 1.45. The molecule has 2 aromatic rings. The number of ether oxygens (including phenoxy) is 6. The average Bonchev–Trinajstić information content (AvgIpc) is 2.93. The predicted molar refractivity (Wildman–Crippen MR) is 133 cm³/mol. The van der Waals surface area contributed by atoms with Crippen molar-refractivity contribution in [1.82, 2.24) is 4.90 Å². The number of Topliss-reactive ketones (excluding diaryl/α,β-unsaturated/α-hetero) is 2. The Morgan fingerprint density at radius 1 is 1.00 bits per heavy atom. The van der Waals surface area contributed by atoms with E-state index >= 15 is 0 Å².